The van der Waals surface area contributed by atoms with Crippen LogP contribution in [0.2, 0.25) is 0 Å². The number of H-pyrrole nitrogens is 1. The molecule has 0 spiro atoms. The highest BCUT2D eigenvalue weighted by atomic mass is 35.5. The highest BCUT2D eigenvalue weighted by molar-refractivity contribution is 6.05. The van der Waals surface area contributed by atoms with Crippen LogP contribution in [0, 0.1) is 12.8 Å². The van der Waals surface area contributed by atoms with Crippen LogP contribution in [0.5, 0.6) is 0 Å². The number of halogens is 1. The third-order valence-electron chi connectivity index (χ3n) is 5.71. The van der Waals surface area contributed by atoms with Crippen LogP contribution in [0.4, 0.5) is 0 Å². The van der Waals surface area contributed by atoms with E-state index in [1.807, 2.05) is 19.1 Å². The van der Waals surface area contributed by atoms with Crippen molar-refractivity contribution in [1.29, 1.82) is 0 Å². The number of aromatic nitrogens is 2. The molecule has 1 atom stereocenters. The van der Waals surface area contributed by atoms with Gasteiger partial charge in [0.25, 0.3) is 0 Å². The Hall–Kier alpha value is -1.63. The number of aromatic amines is 1. The minimum absolute atomic E-state index is 0. The Morgan fingerprint density at radius 2 is 2.15 bits per heavy atom. The van der Waals surface area contributed by atoms with Crippen molar-refractivity contribution < 1.29 is 9.53 Å². The van der Waals surface area contributed by atoms with Gasteiger partial charge < -0.3 is 15.0 Å². The Labute approximate surface area is 160 Å². The van der Waals surface area contributed by atoms with Gasteiger partial charge in [0.15, 0.2) is 0 Å². The van der Waals surface area contributed by atoms with E-state index in [0.29, 0.717) is 11.6 Å². The molecule has 3 fully saturated rings. The van der Waals surface area contributed by atoms with Crippen molar-refractivity contribution in [3.05, 3.63) is 29.0 Å². The summed E-state index contributed by atoms with van der Waals surface area (Å²) in [6.45, 7) is 6.53. The van der Waals surface area contributed by atoms with Gasteiger partial charge >= 0.3 is 5.97 Å². The maximum Gasteiger partial charge on any atom is 0.338 e. The predicted octanol–water partition coefficient (Wildman–Crippen LogP) is 2.31. The lowest BCUT2D eigenvalue weighted by Crippen LogP contribution is -2.56. The molecule has 2 aromatic rings. The minimum Gasteiger partial charge on any atom is -0.465 e. The highest BCUT2D eigenvalue weighted by Gasteiger charge is 2.33. The number of fused-ring (bicyclic) bond motifs is 4. The number of nitrogens with zero attached hydrogens (tertiary/aromatic N) is 2. The molecule has 2 N–H and O–H groups in total. The van der Waals surface area contributed by atoms with Crippen LogP contribution in [0.3, 0.4) is 0 Å². The maximum absolute atomic E-state index is 12.2. The van der Waals surface area contributed by atoms with Crippen LogP contribution in [0.25, 0.3) is 10.9 Å². The molecule has 4 heterocycles. The first-order chi connectivity index (χ1) is 12.2. The second-order valence-electron chi connectivity index (χ2n) is 7.35. The van der Waals surface area contributed by atoms with Crippen LogP contribution >= 0.6 is 12.4 Å². The number of benzene rings is 1. The van der Waals surface area contributed by atoms with Crippen LogP contribution in [0.1, 0.15) is 34.5 Å². The first-order valence-corrected chi connectivity index (χ1v) is 9.17. The van der Waals surface area contributed by atoms with Crippen LogP contribution in [-0.2, 0) is 11.2 Å². The van der Waals surface area contributed by atoms with Gasteiger partial charge in [-0.2, -0.15) is 5.10 Å². The molecule has 5 rings (SSSR count). The molecule has 142 valence electrons. The number of esters is 1. The summed E-state index contributed by atoms with van der Waals surface area (Å²) >= 11 is 0. The van der Waals surface area contributed by atoms with E-state index in [1.165, 1.54) is 39.6 Å². The normalized spacial score (nSPS) is 24.5. The smallest absolute Gasteiger partial charge is 0.338 e. The van der Waals surface area contributed by atoms with Gasteiger partial charge in [-0.3, -0.25) is 5.10 Å². The second-order valence-corrected chi connectivity index (χ2v) is 7.35. The van der Waals surface area contributed by atoms with E-state index in [4.69, 9.17) is 4.74 Å². The number of hydrogen-bond acceptors (Lipinski definition) is 5. The van der Waals surface area contributed by atoms with Crippen molar-refractivity contribution in [2.45, 2.75) is 32.2 Å². The Morgan fingerprint density at radius 1 is 1.38 bits per heavy atom. The Morgan fingerprint density at radius 3 is 2.81 bits per heavy atom. The summed E-state index contributed by atoms with van der Waals surface area (Å²) in [6.07, 6.45) is 3.43. The number of carbonyl (C=O) groups is 1. The molecule has 0 unspecified atom stereocenters. The molecule has 2 bridgehead atoms. The van der Waals surface area contributed by atoms with E-state index < -0.39 is 0 Å². The fraction of sp³-hybridized carbons (Fsp3) is 0.579. The topological polar surface area (TPSA) is 70.2 Å². The van der Waals surface area contributed by atoms with E-state index in [9.17, 15) is 4.79 Å². The molecule has 1 aromatic carbocycles. The monoisotopic (exact) mass is 378 g/mol. The van der Waals surface area contributed by atoms with Gasteiger partial charge in [0, 0.05) is 30.9 Å². The number of piperidine rings is 3. The Balaban J connectivity index is 0.00000196. The summed E-state index contributed by atoms with van der Waals surface area (Å²) in [5.74, 6) is 0.510. The molecule has 26 heavy (non-hydrogen) atoms. The van der Waals surface area contributed by atoms with Gasteiger partial charge in [-0.05, 0) is 56.5 Å². The summed E-state index contributed by atoms with van der Waals surface area (Å²) in [5, 5.41) is 12.1. The van der Waals surface area contributed by atoms with E-state index in [-0.39, 0.29) is 18.4 Å². The van der Waals surface area contributed by atoms with E-state index in [2.05, 4.69) is 20.4 Å². The van der Waals surface area contributed by atoms with Crippen LogP contribution in [0.15, 0.2) is 12.1 Å². The van der Waals surface area contributed by atoms with Gasteiger partial charge in [-0.1, -0.05) is 0 Å². The fourth-order valence-electron chi connectivity index (χ4n) is 4.39. The molecule has 3 aliphatic rings. The summed E-state index contributed by atoms with van der Waals surface area (Å²) in [6, 6.07) is 4.50. The van der Waals surface area contributed by atoms with Gasteiger partial charge in [0.1, 0.15) is 0 Å². The van der Waals surface area contributed by atoms with E-state index in [1.54, 1.807) is 0 Å². The summed E-state index contributed by atoms with van der Waals surface area (Å²) in [5.41, 5.74) is 3.46. The predicted molar refractivity (Wildman–Crippen MR) is 104 cm³/mol. The maximum atomic E-state index is 12.2. The van der Waals surface area contributed by atoms with E-state index >= 15 is 0 Å². The van der Waals surface area contributed by atoms with Crippen molar-refractivity contribution in [1.82, 2.24) is 20.4 Å². The zero-order valence-corrected chi connectivity index (χ0v) is 16.2. The fourth-order valence-corrected chi connectivity index (χ4v) is 4.39. The van der Waals surface area contributed by atoms with Gasteiger partial charge in [-0.25, -0.2) is 4.79 Å². The van der Waals surface area contributed by atoms with Crippen LogP contribution < -0.4 is 5.32 Å². The molecule has 1 aromatic heterocycles. The number of carbonyl (C=O) groups excluding carboxylic acids is 1. The molecule has 7 heteroatoms. The largest absolute Gasteiger partial charge is 0.465 e. The number of ether oxygens (including phenoxy) is 1. The quantitative estimate of drug-likeness (QED) is 0.781. The second kappa shape index (κ2) is 7.94. The van der Waals surface area contributed by atoms with Crippen molar-refractivity contribution in [3.63, 3.8) is 0 Å². The number of rotatable bonds is 5. The standard InChI is InChI=1S/C19H26N4O2.ClH/c1-12-9-14(19(24)25-2)18-15(21-22-16(18)10-12)3-6-20-17-11-23-7-4-13(17)5-8-23;/h9-10,13,17,20H,3-8,11H2,1-2H3,(H,21,22);1H/t17-;/m1./s1. The van der Waals surface area contributed by atoms with Crippen molar-refractivity contribution in [2.75, 3.05) is 33.3 Å². The molecule has 3 saturated heterocycles. The third kappa shape index (κ3) is 3.59. The van der Waals surface area contributed by atoms with Crippen molar-refractivity contribution in [3.8, 4) is 0 Å². The zero-order chi connectivity index (χ0) is 17.4. The van der Waals surface area contributed by atoms with Gasteiger partial charge in [0.05, 0.1) is 23.9 Å². The number of methoxy groups -OCH3 is 1. The average Bonchev–Trinajstić information content (AvgIpc) is 3.04. The van der Waals surface area contributed by atoms with Crippen molar-refractivity contribution >= 4 is 29.3 Å². The molecule has 0 radical (unpaired) electrons. The first-order valence-electron chi connectivity index (χ1n) is 9.17. The number of nitrogens with one attached hydrogen (secondary N) is 2. The van der Waals surface area contributed by atoms with Crippen LogP contribution in [-0.4, -0.2) is 60.4 Å². The van der Waals surface area contributed by atoms with Gasteiger partial charge in [0.2, 0.25) is 0 Å². The summed E-state index contributed by atoms with van der Waals surface area (Å²) in [4.78, 5) is 14.7. The summed E-state index contributed by atoms with van der Waals surface area (Å²) < 4.78 is 4.96. The Kier molecular flexibility index (Phi) is 5.85. The molecule has 0 amide bonds. The Bertz CT molecular complexity index is 783. The third-order valence-corrected chi connectivity index (χ3v) is 5.71. The molecule has 6 nitrogen and oxygen atoms in total. The summed E-state index contributed by atoms with van der Waals surface area (Å²) in [7, 11) is 1.42. The SMILES string of the molecule is COC(=O)c1cc(C)cc2[nH]nc(CCN[C@@H]3CN4CCC3CC4)c12.Cl. The molecule has 0 saturated carbocycles. The molecular weight excluding hydrogens is 352 g/mol. The van der Waals surface area contributed by atoms with Gasteiger partial charge in [-0.15, -0.1) is 12.4 Å². The lowest BCUT2D eigenvalue weighted by atomic mass is 9.84. The highest BCUT2D eigenvalue weighted by Crippen LogP contribution is 2.28. The molecular formula is C19H27ClN4O2. The number of hydrogen-bond donors (Lipinski definition) is 2. The zero-order valence-electron chi connectivity index (χ0n) is 15.4. The molecule has 3 aliphatic heterocycles. The van der Waals surface area contributed by atoms with Crippen molar-refractivity contribution in [2.24, 2.45) is 5.92 Å². The minimum atomic E-state index is -0.304. The first kappa shape index (κ1) is 19.1. The molecule has 0 aliphatic carbocycles. The average molecular weight is 379 g/mol. The lowest BCUT2D eigenvalue weighted by molar-refractivity contribution is 0.0603. The van der Waals surface area contributed by atoms with E-state index in [0.717, 1.165) is 41.0 Å². The number of aryl methyl sites for hydroxylation is 1. The lowest BCUT2D eigenvalue weighted by Gasteiger charge is -2.45.